The SMILES string of the molecule is C.C=C(c1ccccc1)c1ccc2cccc(-c3cc4c([nH]3)CCNC4=O)c2n1.CC(C)(C)[O-].O=C1NCCc2[nH]c(-c3cccc4ccc(C5(c6ccccc6)CC5)nc34)cc21.[K+]. The molecule has 318 valence electrons. The molecular formula is C54H53KN6O3. The van der Waals surface area contributed by atoms with Crippen LogP contribution >= 0.6 is 0 Å². The van der Waals surface area contributed by atoms with Gasteiger partial charge in [0.15, 0.2) is 0 Å². The van der Waals surface area contributed by atoms with Gasteiger partial charge in [-0.05, 0) is 48.2 Å². The number of H-pyrrole nitrogens is 2. The molecule has 2 aliphatic heterocycles. The molecule has 64 heavy (non-hydrogen) atoms. The molecular weight excluding hydrogens is 820 g/mol. The van der Waals surface area contributed by atoms with Gasteiger partial charge in [0.05, 0.1) is 33.5 Å². The van der Waals surface area contributed by atoms with Crippen LogP contribution in [0.25, 0.3) is 49.9 Å². The van der Waals surface area contributed by atoms with Crippen molar-refractivity contribution in [3.63, 3.8) is 0 Å². The zero-order valence-electron chi connectivity index (χ0n) is 36.3. The van der Waals surface area contributed by atoms with E-state index in [1.807, 2.05) is 60.7 Å². The molecule has 4 aromatic heterocycles. The van der Waals surface area contributed by atoms with Crippen molar-refractivity contribution in [3.05, 3.63) is 185 Å². The van der Waals surface area contributed by atoms with Gasteiger partial charge >= 0.3 is 51.4 Å². The summed E-state index contributed by atoms with van der Waals surface area (Å²) in [5, 5.41) is 18.1. The van der Waals surface area contributed by atoms with Gasteiger partial charge in [0.1, 0.15) is 0 Å². The largest absolute Gasteiger partial charge is 1.00 e. The first-order valence-corrected chi connectivity index (χ1v) is 21.3. The molecule has 6 heterocycles. The van der Waals surface area contributed by atoms with Crippen molar-refractivity contribution in [2.75, 3.05) is 13.1 Å². The van der Waals surface area contributed by atoms with E-state index in [0.29, 0.717) is 13.1 Å². The minimum absolute atomic E-state index is 0. The van der Waals surface area contributed by atoms with Crippen LogP contribution in [0.1, 0.15) is 95.7 Å². The van der Waals surface area contributed by atoms with Crippen molar-refractivity contribution in [3.8, 4) is 22.5 Å². The minimum Gasteiger partial charge on any atom is -0.850 e. The molecule has 1 fully saturated rings. The Morgan fingerprint density at radius 2 is 1.11 bits per heavy atom. The maximum Gasteiger partial charge on any atom is 1.00 e. The average Bonchev–Trinajstić information content (AvgIpc) is 3.78. The quantitative estimate of drug-likeness (QED) is 0.134. The van der Waals surface area contributed by atoms with E-state index >= 15 is 0 Å². The van der Waals surface area contributed by atoms with Crippen molar-refractivity contribution >= 4 is 39.2 Å². The summed E-state index contributed by atoms with van der Waals surface area (Å²) in [6.07, 6.45) is 3.92. The number of fused-ring (bicyclic) bond motifs is 4. The maximum absolute atomic E-state index is 12.2. The molecule has 4 aromatic carbocycles. The molecule has 0 atom stereocenters. The summed E-state index contributed by atoms with van der Waals surface area (Å²) in [4.78, 5) is 41.3. The van der Waals surface area contributed by atoms with Gasteiger partial charge in [-0.1, -0.05) is 144 Å². The van der Waals surface area contributed by atoms with E-state index in [-0.39, 0.29) is 76.0 Å². The Bertz CT molecular complexity index is 2970. The standard InChI is InChI=1S/C25H21N3O.C24H19N3O.C4H9O.CH4.K/c29-24-19-15-21(27-20(19)11-14-26-24)18-8-4-5-16-9-10-22(28-23(16)18)25(12-13-25)17-6-2-1-3-7-17;1-15(16-6-3-2-4-7-16)20-11-10-17-8-5-9-18(23(17)27-20)22-14-19-21(26-22)12-13-25-24(19)28;1-4(2,3)5;;/h1-10,15,27H,11-14H2,(H,26,29);2-11,14,26H,1,12-13H2,(H,25,28);1-3H3;1H4;/q;;-1;;+1. The fourth-order valence-corrected chi connectivity index (χ4v) is 8.40. The van der Waals surface area contributed by atoms with Gasteiger partial charge in [-0.15, -0.1) is 5.60 Å². The molecule has 8 aromatic rings. The third-order valence-corrected chi connectivity index (χ3v) is 11.6. The van der Waals surface area contributed by atoms with Gasteiger partial charge in [-0.2, -0.15) is 0 Å². The van der Waals surface area contributed by atoms with Crippen LogP contribution in [0.4, 0.5) is 0 Å². The fourth-order valence-electron chi connectivity index (χ4n) is 8.40. The van der Waals surface area contributed by atoms with Crippen LogP contribution < -0.4 is 67.1 Å². The molecule has 9 nitrogen and oxygen atoms in total. The third-order valence-electron chi connectivity index (χ3n) is 11.6. The molecule has 0 saturated heterocycles. The number of hydrogen-bond acceptors (Lipinski definition) is 5. The zero-order valence-corrected chi connectivity index (χ0v) is 39.4. The van der Waals surface area contributed by atoms with Gasteiger partial charge in [0.2, 0.25) is 0 Å². The monoisotopic (exact) mass is 872 g/mol. The van der Waals surface area contributed by atoms with E-state index in [4.69, 9.17) is 9.97 Å². The number of nitrogens with one attached hydrogen (secondary N) is 4. The van der Waals surface area contributed by atoms with Crippen molar-refractivity contribution in [2.45, 2.75) is 64.9 Å². The van der Waals surface area contributed by atoms with Gasteiger partial charge < -0.3 is 25.7 Å². The number of aromatic amines is 2. The normalized spacial score (nSPS) is 14.4. The molecule has 11 rings (SSSR count). The van der Waals surface area contributed by atoms with Crippen molar-refractivity contribution in [1.29, 1.82) is 0 Å². The van der Waals surface area contributed by atoms with E-state index in [1.165, 1.54) is 5.56 Å². The number of rotatable bonds is 6. The van der Waals surface area contributed by atoms with Gasteiger partial charge in [0, 0.05) is 81.6 Å². The first-order chi connectivity index (χ1) is 29.9. The van der Waals surface area contributed by atoms with Gasteiger partial charge in [-0.25, -0.2) is 4.98 Å². The summed E-state index contributed by atoms with van der Waals surface area (Å²) >= 11 is 0. The first kappa shape index (κ1) is 46.5. The van der Waals surface area contributed by atoms with E-state index in [0.717, 1.165) is 115 Å². The topological polar surface area (TPSA) is 139 Å². The minimum atomic E-state index is -0.750. The second-order valence-electron chi connectivity index (χ2n) is 17.2. The predicted molar refractivity (Wildman–Crippen MR) is 253 cm³/mol. The summed E-state index contributed by atoms with van der Waals surface area (Å²) in [5.74, 6) is -0.0151. The number of amides is 2. The fraction of sp³-hybridized carbons (Fsp3) is 0.222. The number of aromatic nitrogens is 4. The van der Waals surface area contributed by atoms with E-state index in [9.17, 15) is 14.7 Å². The van der Waals surface area contributed by atoms with E-state index in [2.05, 4.69) is 100.0 Å². The van der Waals surface area contributed by atoms with Crippen LogP contribution in [0, 0.1) is 0 Å². The molecule has 4 N–H and O–H groups in total. The molecule has 0 unspecified atom stereocenters. The summed E-state index contributed by atoms with van der Waals surface area (Å²) in [5.41, 5.74) is 13.9. The number of nitrogens with zero attached hydrogens (tertiary/aromatic N) is 2. The Morgan fingerprint density at radius 3 is 1.61 bits per heavy atom. The second kappa shape index (κ2) is 19.3. The first-order valence-electron chi connectivity index (χ1n) is 21.3. The van der Waals surface area contributed by atoms with Crippen LogP contribution in [0.3, 0.4) is 0 Å². The third kappa shape index (κ3) is 9.78. The summed E-state index contributed by atoms with van der Waals surface area (Å²) < 4.78 is 0. The molecule has 2 amide bonds. The van der Waals surface area contributed by atoms with Crippen molar-refractivity contribution < 1.29 is 66.1 Å². The van der Waals surface area contributed by atoms with Crippen LogP contribution in [-0.4, -0.2) is 50.4 Å². The van der Waals surface area contributed by atoms with E-state index < -0.39 is 5.60 Å². The Hall–Kier alpha value is -5.46. The number of carbonyl (C=O) groups excluding carboxylic acids is 2. The summed E-state index contributed by atoms with van der Waals surface area (Å²) in [7, 11) is 0. The number of benzene rings is 4. The van der Waals surface area contributed by atoms with Crippen LogP contribution in [0.15, 0.2) is 140 Å². The molecule has 0 spiro atoms. The van der Waals surface area contributed by atoms with Gasteiger partial charge in [-0.3, -0.25) is 14.6 Å². The van der Waals surface area contributed by atoms with Crippen LogP contribution in [-0.2, 0) is 18.3 Å². The summed E-state index contributed by atoms with van der Waals surface area (Å²) in [6.45, 7) is 10.5. The number of carbonyl (C=O) groups is 2. The average molecular weight is 873 g/mol. The Kier molecular flexibility index (Phi) is 14.1. The second-order valence-corrected chi connectivity index (χ2v) is 17.2. The van der Waals surface area contributed by atoms with Crippen molar-refractivity contribution in [2.24, 2.45) is 0 Å². The molecule has 10 heteroatoms. The Labute approximate surface area is 417 Å². The molecule has 1 saturated carbocycles. The smallest absolute Gasteiger partial charge is 0.850 e. The summed E-state index contributed by atoms with van der Waals surface area (Å²) in [6, 6.07) is 45.5. The molecule has 0 bridgehead atoms. The van der Waals surface area contributed by atoms with Gasteiger partial charge in [0.25, 0.3) is 11.8 Å². The number of para-hydroxylation sites is 2. The number of pyridine rings is 2. The molecule has 1 aliphatic carbocycles. The van der Waals surface area contributed by atoms with E-state index in [1.54, 1.807) is 20.8 Å². The molecule has 0 radical (unpaired) electrons. The maximum atomic E-state index is 12.2. The van der Waals surface area contributed by atoms with Crippen LogP contribution in [0.5, 0.6) is 0 Å². The predicted octanol–water partition coefficient (Wildman–Crippen LogP) is 6.96. The Morgan fingerprint density at radius 1 is 0.625 bits per heavy atom. The van der Waals surface area contributed by atoms with Crippen LogP contribution in [0.2, 0.25) is 0 Å². The van der Waals surface area contributed by atoms with Crippen molar-refractivity contribution in [1.82, 2.24) is 30.6 Å². The Balaban J connectivity index is 0.000000169. The molecule has 3 aliphatic rings. The number of hydrogen-bond donors (Lipinski definition) is 4. The zero-order chi connectivity index (χ0) is 43.0.